The van der Waals surface area contributed by atoms with Crippen LogP contribution < -0.4 is 5.14 Å². The van der Waals surface area contributed by atoms with Crippen molar-refractivity contribution in [3.63, 3.8) is 0 Å². The van der Waals surface area contributed by atoms with E-state index in [1.807, 2.05) is 5.10 Å². The van der Waals surface area contributed by atoms with Crippen LogP contribution >= 0.6 is 15.9 Å². The fourth-order valence-corrected chi connectivity index (χ4v) is 2.24. The maximum Gasteiger partial charge on any atom is 0.417 e. The molecule has 0 fully saturated rings. The van der Waals surface area contributed by atoms with Crippen LogP contribution in [0.2, 0.25) is 0 Å². The van der Waals surface area contributed by atoms with Gasteiger partial charge in [-0.05, 0) is 18.2 Å². The highest BCUT2D eigenvalue weighted by molar-refractivity contribution is 9.10. The Hall–Kier alpha value is -1.46. The molecule has 1 heterocycles. The van der Waals surface area contributed by atoms with Crippen molar-refractivity contribution in [1.29, 1.82) is 0 Å². The van der Waals surface area contributed by atoms with Crippen molar-refractivity contribution >= 4 is 26.0 Å². The molecule has 6 nitrogen and oxygen atoms in total. The minimum Gasteiger partial charge on any atom is -0.248 e. The minimum atomic E-state index is -4.56. The number of hydrogen-bond acceptors (Lipinski definition) is 4. The number of nitrogens with one attached hydrogen (secondary N) is 1. The Kier molecular flexibility index (Phi) is 3.60. The summed E-state index contributed by atoms with van der Waals surface area (Å²) < 4.78 is 60.1. The summed E-state index contributed by atoms with van der Waals surface area (Å²) in [5.41, 5.74) is -0.913. The summed E-state index contributed by atoms with van der Waals surface area (Å²) in [7, 11) is -4.10. The number of nitrogens with zero attached hydrogens (tertiary/aromatic N) is 2. The highest BCUT2D eigenvalue weighted by atomic mass is 79.9. The summed E-state index contributed by atoms with van der Waals surface area (Å²) in [6.07, 6.45) is -4.56. The number of hydrogen-bond donors (Lipinski definition) is 2. The molecule has 3 N–H and O–H groups in total. The van der Waals surface area contributed by atoms with E-state index in [4.69, 9.17) is 5.14 Å². The van der Waals surface area contributed by atoms with Gasteiger partial charge in [0.05, 0.1) is 5.56 Å². The molecule has 0 aliphatic carbocycles. The number of rotatable bonds is 2. The van der Waals surface area contributed by atoms with Crippen LogP contribution in [0.5, 0.6) is 0 Å². The second-order valence-electron chi connectivity index (χ2n) is 3.70. The second kappa shape index (κ2) is 4.82. The third kappa shape index (κ3) is 2.99. The zero-order valence-electron chi connectivity index (χ0n) is 9.44. The lowest BCUT2D eigenvalue weighted by Crippen LogP contribution is -2.13. The van der Waals surface area contributed by atoms with E-state index in [-0.39, 0.29) is 15.9 Å². The molecule has 0 saturated heterocycles. The van der Waals surface area contributed by atoms with E-state index < -0.39 is 26.9 Å². The summed E-state index contributed by atoms with van der Waals surface area (Å²) >= 11 is 2.79. The predicted octanol–water partition coefficient (Wildman–Crippen LogP) is 1.90. The van der Waals surface area contributed by atoms with Crippen molar-refractivity contribution in [2.75, 3.05) is 0 Å². The van der Waals surface area contributed by atoms with E-state index in [1.165, 1.54) is 12.1 Å². The normalized spacial score (nSPS) is 12.7. The fourth-order valence-electron chi connectivity index (χ4n) is 1.38. The first-order chi connectivity index (χ1) is 9.09. The van der Waals surface area contributed by atoms with Gasteiger partial charge in [0.25, 0.3) is 15.2 Å². The molecule has 20 heavy (non-hydrogen) atoms. The second-order valence-corrected chi connectivity index (χ2v) is 6.03. The molecule has 0 amide bonds. The quantitative estimate of drug-likeness (QED) is 0.842. The molecule has 0 saturated carbocycles. The van der Waals surface area contributed by atoms with Crippen molar-refractivity contribution in [3.8, 4) is 11.4 Å². The van der Waals surface area contributed by atoms with E-state index in [1.54, 1.807) is 0 Å². The molecule has 0 bridgehead atoms. The average molecular weight is 371 g/mol. The number of primary sulfonamides is 1. The maximum atomic E-state index is 12.7. The molecular weight excluding hydrogens is 365 g/mol. The van der Waals surface area contributed by atoms with E-state index >= 15 is 0 Å². The standard InChI is InChI=1S/C9H6BrF3N4O2S/c10-6-2-1-4(3-5(6)9(11,12)13)7-15-8(17-16-7)20(14,18)19/h1-3H,(H2,14,18,19)(H,15,16,17). The third-order valence-corrected chi connectivity index (χ3v) is 3.68. The molecule has 0 aliphatic heterocycles. The summed E-state index contributed by atoms with van der Waals surface area (Å²) in [5.74, 6) is -0.202. The van der Waals surface area contributed by atoms with E-state index in [0.717, 1.165) is 6.07 Å². The SMILES string of the molecule is NS(=O)(=O)c1nc(-c2ccc(Br)c(C(F)(F)F)c2)n[nH]1. The first-order valence-corrected chi connectivity index (χ1v) is 7.25. The number of sulfonamides is 1. The summed E-state index contributed by atoms with van der Waals surface area (Å²) in [4.78, 5) is 3.54. The van der Waals surface area contributed by atoms with Crippen LogP contribution in [0.15, 0.2) is 27.8 Å². The molecular formula is C9H6BrF3N4O2S. The highest BCUT2D eigenvalue weighted by Gasteiger charge is 2.33. The summed E-state index contributed by atoms with van der Waals surface area (Å²) in [6, 6.07) is 3.29. The predicted molar refractivity (Wildman–Crippen MR) is 65.9 cm³/mol. The van der Waals surface area contributed by atoms with Gasteiger partial charge in [-0.15, -0.1) is 0 Å². The van der Waals surface area contributed by atoms with Gasteiger partial charge in [0.1, 0.15) is 0 Å². The van der Waals surface area contributed by atoms with E-state index in [2.05, 4.69) is 26.0 Å². The molecule has 1 aromatic carbocycles. The van der Waals surface area contributed by atoms with Gasteiger partial charge in [-0.3, -0.25) is 0 Å². The largest absolute Gasteiger partial charge is 0.417 e. The number of benzene rings is 1. The smallest absolute Gasteiger partial charge is 0.248 e. The Bertz CT molecular complexity index is 757. The Balaban J connectivity index is 2.52. The Morgan fingerprint density at radius 3 is 2.45 bits per heavy atom. The van der Waals surface area contributed by atoms with Crippen LogP contribution in [-0.2, 0) is 16.2 Å². The molecule has 0 unspecified atom stereocenters. The monoisotopic (exact) mass is 370 g/mol. The summed E-state index contributed by atoms with van der Waals surface area (Å²) in [5, 5.41) is 9.78. The fraction of sp³-hybridized carbons (Fsp3) is 0.111. The minimum absolute atomic E-state index is 0.00618. The average Bonchev–Trinajstić information content (AvgIpc) is 2.77. The zero-order valence-corrected chi connectivity index (χ0v) is 11.8. The molecule has 2 aromatic rings. The zero-order chi connectivity index (χ0) is 15.1. The van der Waals surface area contributed by atoms with E-state index in [0.29, 0.717) is 0 Å². The molecule has 0 atom stereocenters. The number of nitrogens with two attached hydrogens (primary N) is 1. The van der Waals surface area contributed by atoms with Gasteiger partial charge in [-0.2, -0.15) is 23.3 Å². The molecule has 108 valence electrons. The lowest BCUT2D eigenvalue weighted by molar-refractivity contribution is -0.138. The van der Waals surface area contributed by atoms with Crippen LogP contribution in [-0.4, -0.2) is 23.6 Å². The van der Waals surface area contributed by atoms with Crippen LogP contribution in [0, 0.1) is 0 Å². The van der Waals surface area contributed by atoms with Crippen molar-refractivity contribution in [3.05, 3.63) is 28.2 Å². The van der Waals surface area contributed by atoms with Crippen LogP contribution in [0.4, 0.5) is 13.2 Å². The molecule has 0 aliphatic rings. The number of alkyl halides is 3. The highest BCUT2D eigenvalue weighted by Crippen LogP contribution is 2.36. The third-order valence-electron chi connectivity index (χ3n) is 2.26. The Labute approximate surface area is 119 Å². The number of aromatic amines is 1. The van der Waals surface area contributed by atoms with Gasteiger partial charge in [0.2, 0.25) is 0 Å². The van der Waals surface area contributed by atoms with Gasteiger partial charge >= 0.3 is 6.18 Å². The van der Waals surface area contributed by atoms with Gasteiger partial charge in [0.15, 0.2) is 5.82 Å². The van der Waals surface area contributed by atoms with Gasteiger partial charge in [0, 0.05) is 10.0 Å². The molecule has 1 aromatic heterocycles. The molecule has 11 heteroatoms. The lowest BCUT2D eigenvalue weighted by Gasteiger charge is -2.09. The lowest BCUT2D eigenvalue weighted by atomic mass is 10.1. The topological polar surface area (TPSA) is 102 Å². The van der Waals surface area contributed by atoms with Crippen LogP contribution in [0.25, 0.3) is 11.4 Å². The van der Waals surface area contributed by atoms with Crippen molar-refractivity contribution in [2.45, 2.75) is 11.3 Å². The molecule has 0 spiro atoms. The molecule has 0 radical (unpaired) electrons. The number of halogens is 4. The summed E-state index contributed by atoms with van der Waals surface area (Å²) in [6.45, 7) is 0. The van der Waals surface area contributed by atoms with Crippen molar-refractivity contribution in [1.82, 2.24) is 15.2 Å². The van der Waals surface area contributed by atoms with Gasteiger partial charge < -0.3 is 0 Å². The van der Waals surface area contributed by atoms with E-state index in [9.17, 15) is 21.6 Å². The molecule has 2 rings (SSSR count). The maximum absolute atomic E-state index is 12.7. The first kappa shape index (κ1) is 14.9. The number of H-pyrrole nitrogens is 1. The van der Waals surface area contributed by atoms with Gasteiger partial charge in [-0.25, -0.2) is 18.7 Å². The van der Waals surface area contributed by atoms with Crippen LogP contribution in [0.3, 0.4) is 0 Å². The van der Waals surface area contributed by atoms with Crippen LogP contribution in [0.1, 0.15) is 5.56 Å². The van der Waals surface area contributed by atoms with Crippen molar-refractivity contribution in [2.24, 2.45) is 5.14 Å². The number of aromatic nitrogens is 3. The van der Waals surface area contributed by atoms with Crippen molar-refractivity contribution < 1.29 is 21.6 Å². The van der Waals surface area contributed by atoms with Gasteiger partial charge in [-0.1, -0.05) is 15.9 Å². The first-order valence-electron chi connectivity index (χ1n) is 4.91. The Morgan fingerprint density at radius 1 is 1.30 bits per heavy atom. The Morgan fingerprint density at radius 2 is 1.95 bits per heavy atom.